The summed E-state index contributed by atoms with van der Waals surface area (Å²) in [6, 6.07) is 6.14. The lowest BCUT2D eigenvalue weighted by atomic mass is 10.1. The summed E-state index contributed by atoms with van der Waals surface area (Å²) in [6.07, 6.45) is 2.37. The molecule has 0 saturated carbocycles. The number of amides is 1. The summed E-state index contributed by atoms with van der Waals surface area (Å²) in [5.41, 5.74) is 2.28. The molecule has 0 atom stereocenters. The Morgan fingerprint density at radius 1 is 1.19 bits per heavy atom. The van der Waals surface area contributed by atoms with Gasteiger partial charge in [0, 0.05) is 17.6 Å². The Kier molecular flexibility index (Phi) is 9.34. The number of unbranched alkanes of at least 4 members (excludes halogenated alkanes) is 1. The first-order valence-corrected chi connectivity index (χ1v) is 13.1. The molecule has 0 radical (unpaired) electrons. The van der Waals surface area contributed by atoms with E-state index in [1.165, 1.54) is 5.56 Å². The van der Waals surface area contributed by atoms with Crippen LogP contribution in [0.2, 0.25) is 18.1 Å². The van der Waals surface area contributed by atoms with Gasteiger partial charge in [-0.15, -0.1) is 0 Å². The maximum absolute atomic E-state index is 11.8. The molecule has 6 heteroatoms. The SMILES string of the molecule is CCCCOC(=O)NCc1ccc(Br)cc1CCO[Si](C)(C)C(C)(C)C. The number of hydrogen-bond acceptors (Lipinski definition) is 3. The van der Waals surface area contributed by atoms with Gasteiger partial charge in [-0.05, 0) is 54.2 Å². The van der Waals surface area contributed by atoms with Gasteiger partial charge in [-0.1, -0.05) is 56.1 Å². The molecule has 0 bridgehead atoms. The summed E-state index contributed by atoms with van der Waals surface area (Å²) in [4.78, 5) is 11.8. The fourth-order valence-electron chi connectivity index (χ4n) is 2.16. The summed E-state index contributed by atoms with van der Waals surface area (Å²) in [7, 11) is -1.75. The van der Waals surface area contributed by atoms with Crippen LogP contribution in [0.25, 0.3) is 0 Å². The first-order valence-electron chi connectivity index (χ1n) is 9.38. The van der Waals surface area contributed by atoms with Crippen LogP contribution < -0.4 is 5.32 Å². The van der Waals surface area contributed by atoms with Gasteiger partial charge in [0.05, 0.1) is 6.61 Å². The molecular formula is C20H34BrNO3Si. The van der Waals surface area contributed by atoms with Crippen LogP contribution in [-0.4, -0.2) is 27.6 Å². The number of rotatable bonds is 9. The van der Waals surface area contributed by atoms with E-state index in [-0.39, 0.29) is 11.1 Å². The molecule has 148 valence electrons. The summed E-state index contributed by atoms with van der Waals surface area (Å²) in [5, 5.41) is 3.05. The fraction of sp³-hybridized carbons (Fsp3) is 0.650. The van der Waals surface area contributed by atoms with Crippen molar-refractivity contribution in [2.45, 2.75) is 71.6 Å². The van der Waals surface area contributed by atoms with Gasteiger partial charge in [0.2, 0.25) is 0 Å². The number of ether oxygens (including phenoxy) is 1. The number of halogens is 1. The molecule has 1 amide bonds. The van der Waals surface area contributed by atoms with Gasteiger partial charge >= 0.3 is 6.09 Å². The van der Waals surface area contributed by atoms with Crippen LogP contribution in [0.5, 0.6) is 0 Å². The summed E-state index contributed by atoms with van der Waals surface area (Å²) >= 11 is 3.54. The standard InChI is InChI=1S/C20H34BrNO3Si/c1-7-8-12-24-19(23)22-15-17-9-10-18(21)14-16(17)11-13-25-26(5,6)20(2,3)4/h9-10,14H,7-8,11-13,15H2,1-6H3,(H,22,23). The van der Waals surface area contributed by atoms with E-state index >= 15 is 0 Å². The third kappa shape index (κ3) is 7.80. The van der Waals surface area contributed by atoms with Gasteiger partial charge in [0.1, 0.15) is 0 Å². The van der Waals surface area contributed by atoms with Gasteiger partial charge in [-0.25, -0.2) is 4.79 Å². The Morgan fingerprint density at radius 2 is 1.88 bits per heavy atom. The molecule has 0 saturated heterocycles. The van der Waals surface area contributed by atoms with Gasteiger partial charge < -0.3 is 14.5 Å². The van der Waals surface area contributed by atoms with Crippen LogP contribution in [0.15, 0.2) is 22.7 Å². The quantitative estimate of drug-likeness (QED) is 0.373. The topological polar surface area (TPSA) is 47.6 Å². The molecule has 0 fully saturated rings. The van der Waals surface area contributed by atoms with Crippen molar-refractivity contribution in [2.24, 2.45) is 0 Å². The minimum atomic E-state index is -1.75. The predicted octanol–water partition coefficient (Wildman–Crippen LogP) is 6.04. The molecule has 0 aliphatic rings. The molecule has 0 aliphatic heterocycles. The average molecular weight is 444 g/mol. The van der Waals surface area contributed by atoms with E-state index in [0.717, 1.165) is 29.3 Å². The van der Waals surface area contributed by atoms with Crippen molar-refractivity contribution in [3.63, 3.8) is 0 Å². The minimum Gasteiger partial charge on any atom is -0.450 e. The predicted molar refractivity (Wildman–Crippen MR) is 114 cm³/mol. The molecule has 1 rings (SSSR count). The van der Waals surface area contributed by atoms with Crippen molar-refractivity contribution < 1.29 is 14.0 Å². The Balaban J connectivity index is 2.63. The van der Waals surface area contributed by atoms with Gasteiger partial charge in [-0.2, -0.15) is 0 Å². The minimum absolute atomic E-state index is 0.205. The van der Waals surface area contributed by atoms with Crippen LogP contribution in [0.4, 0.5) is 4.79 Å². The maximum Gasteiger partial charge on any atom is 0.407 e. The molecule has 1 aromatic carbocycles. The highest BCUT2D eigenvalue weighted by Gasteiger charge is 2.36. The third-order valence-electron chi connectivity index (χ3n) is 4.96. The van der Waals surface area contributed by atoms with Crippen molar-refractivity contribution in [1.82, 2.24) is 5.32 Å². The number of carbonyl (C=O) groups is 1. The zero-order valence-electron chi connectivity index (χ0n) is 17.1. The van der Waals surface area contributed by atoms with E-state index in [1.807, 2.05) is 12.1 Å². The lowest BCUT2D eigenvalue weighted by molar-refractivity contribution is 0.144. The van der Waals surface area contributed by atoms with E-state index < -0.39 is 8.32 Å². The second-order valence-electron chi connectivity index (χ2n) is 8.11. The molecular weight excluding hydrogens is 410 g/mol. The first-order chi connectivity index (χ1) is 12.1. The molecule has 1 aromatic rings. The first kappa shape index (κ1) is 23.2. The third-order valence-corrected chi connectivity index (χ3v) is 9.99. The Morgan fingerprint density at radius 3 is 2.50 bits per heavy atom. The highest BCUT2D eigenvalue weighted by molar-refractivity contribution is 9.10. The van der Waals surface area contributed by atoms with E-state index in [4.69, 9.17) is 9.16 Å². The van der Waals surface area contributed by atoms with Crippen LogP contribution in [0.1, 0.15) is 51.7 Å². The molecule has 0 heterocycles. The van der Waals surface area contributed by atoms with Crippen LogP contribution in [-0.2, 0) is 22.1 Å². The number of carbonyl (C=O) groups excluding carboxylic acids is 1. The Labute approximate surface area is 168 Å². The Bertz CT molecular complexity index is 585. The molecule has 1 N–H and O–H groups in total. The van der Waals surface area contributed by atoms with Crippen molar-refractivity contribution in [3.8, 4) is 0 Å². The number of benzene rings is 1. The monoisotopic (exact) mass is 443 g/mol. The van der Waals surface area contributed by atoms with Crippen molar-refractivity contribution in [1.29, 1.82) is 0 Å². The largest absolute Gasteiger partial charge is 0.450 e. The van der Waals surface area contributed by atoms with E-state index in [1.54, 1.807) is 0 Å². The second-order valence-corrected chi connectivity index (χ2v) is 13.8. The summed E-state index contributed by atoms with van der Waals surface area (Å²) < 4.78 is 12.5. The van der Waals surface area contributed by atoms with Crippen LogP contribution in [0.3, 0.4) is 0 Å². The zero-order chi connectivity index (χ0) is 19.8. The van der Waals surface area contributed by atoms with Crippen molar-refractivity contribution in [2.75, 3.05) is 13.2 Å². The zero-order valence-corrected chi connectivity index (χ0v) is 19.7. The van der Waals surface area contributed by atoms with Gasteiger partial charge in [0.15, 0.2) is 8.32 Å². The lowest BCUT2D eigenvalue weighted by Gasteiger charge is -2.36. The van der Waals surface area contributed by atoms with Crippen LogP contribution >= 0.6 is 15.9 Å². The maximum atomic E-state index is 11.8. The second kappa shape index (κ2) is 10.5. The lowest BCUT2D eigenvalue weighted by Crippen LogP contribution is -2.41. The molecule has 0 aromatic heterocycles. The van der Waals surface area contributed by atoms with Gasteiger partial charge in [0.25, 0.3) is 0 Å². The molecule has 0 aliphatic carbocycles. The molecule has 4 nitrogen and oxygen atoms in total. The number of nitrogens with one attached hydrogen (secondary N) is 1. The van der Waals surface area contributed by atoms with Crippen molar-refractivity contribution in [3.05, 3.63) is 33.8 Å². The summed E-state index contributed by atoms with van der Waals surface area (Å²) in [5.74, 6) is 0. The fourth-order valence-corrected chi connectivity index (χ4v) is 3.61. The number of hydrogen-bond donors (Lipinski definition) is 1. The van der Waals surface area contributed by atoms with E-state index in [9.17, 15) is 4.79 Å². The molecule has 0 spiro atoms. The average Bonchev–Trinajstić information content (AvgIpc) is 2.53. The smallest absolute Gasteiger partial charge is 0.407 e. The van der Waals surface area contributed by atoms with E-state index in [0.29, 0.717) is 19.8 Å². The van der Waals surface area contributed by atoms with Crippen LogP contribution in [0, 0.1) is 0 Å². The van der Waals surface area contributed by atoms with E-state index in [2.05, 4.69) is 68.1 Å². The number of alkyl carbamates (subject to hydrolysis) is 1. The Hall–Kier alpha value is -0.853. The highest BCUT2D eigenvalue weighted by Crippen LogP contribution is 2.36. The van der Waals surface area contributed by atoms with Gasteiger partial charge in [-0.3, -0.25) is 0 Å². The highest BCUT2D eigenvalue weighted by atomic mass is 79.9. The molecule has 0 unspecified atom stereocenters. The van der Waals surface area contributed by atoms with Crippen molar-refractivity contribution >= 4 is 30.3 Å². The molecule has 26 heavy (non-hydrogen) atoms. The summed E-state index contributed by atoms with van der Waals surface area (Å²) in [6.45, 7) is 15.0. The normalized spacial score (nSPS) is 12.1.